The highest BCUT2D eigenvalue weighted by Gasteiger charge is 2.49. The van der Waals surface area contributed by atoms with Crippen LogP contribution in [0.1, 0.15) is 50.2 Å². The van der Waals surface area contributed by atoms with Crippen molar-refractivity contribution in [3.63, 3.8) is 0 Å². The second-order valence-corrected chi connectivity index (χ2v) is 7.09. The molecule has 1 aromatic rings. The lowest BCUT2D eigenvalue weighted by Crippen LogP contribution is -2.31. The van der Waals surface area contributed by atoms with Crippen LogP contribution in [0, 0.1) is 11.3 Å². The molecule has 3 aliphatic rings. The molecule has 1 nitrogen and oxygen atoms in total. The van der Waals surface area contributed by atoms with Gasteiger partial charge in [-0.2, -0.15) is 8.78 Å². The fraction of sp³-hybridized carbons (Fsp3) is 0.474. The Morgan fingerprint density at radius 3 is 2.77 bits per heavy atom. The van der Waals surface area contributed by atoms with Crippen molar-refractivity contribution in [2.45, 2.75) is 45.4 Å². The van der Waals surface area contributed by atoms with Gasteiger partial charge in [0, 0.05) is 11.0 Å². The van der Waals surface area contributed by atoms with Crippen molar-refractivity contribution < 1.29 is 13.9 Å². The SMILES string of the molecule is C[C@]12CCC3=C(CCc4cc(O)ccc43)[C@@H]1CCC2=C(F)F. The molecule has 0 saturated heterocycles. The fourth-order valence-electron chi connectivity index (χ4n) is 5.04. The van der Waals surface area contributed by atoms with Crippen molar-refractivity contribution in [2.75, 3.05) is 0 Å². The van der Waals surface area contributed by atoms with E-state index in [4.69, 9.17) is 0 Å². The van der Waals surface area contributed by atoms with Crippen molar-refractivity contribution in [1.29, 1.82) is 0 Å². The van der Waals surface area contributed by atoms with Gasteiger partial charge in [0.05, 0.1) is 0 Å². The van der Waals surface area contributed by atoms with Gasteiger partial charge in [-0.05, 0) is 73.3 Å². The van der Waals surface area contributed by atoms with E-state index in [0.29, 0.717) is 17.7 Å². The minimum absolute atomic E-state index is 0.273. The third-order valence-electron chi connectivity index (χ3n) is 6.15. The lowest BCUT2D eigenvalue weighted by Gasteiger charge is -2.42. The predicted octanol–water partition coefficient (Wildman–Crippen LogP) is 5.45. The maximum atomic E-state index is 13.3. The fourth-order valence-corrected chi connectivity index (χ4v) is 5.04. The van der Waals surface area contributed by atoms with E-state index >= 15 is 0 Å². The second-order valence-electron chi connectivity index (χ2n) is 7.09. The zero-order chi connectivity index (χ0) is 15.5. The molecule has 116 valence electrons. The van der Waals surface area contributed by atoms with E-state index in [0.717, 1.165) is 32.1 Å². The van der Waals surface area contributed by atoms with Crippen LogP contribution < -0.4 is 0 Å². The molecule has 3 heteroatoms. The van der Waals surface area contributed by atoms with Gasteiger partial charge in [-0.25, -0.2) is 0 Å². The molecule has 22 heavy (non-hydrogen) atoms. The summed E-state index contributed by atoms with van der Waals surface area (Å²) in [7, 11) is 0. The predicted molar refractivity (Wildman–Crippen MR) is 82.7 cm³/mol. The molecule has 0 aliphatic heterocycles. The average Bonchev–Trinajstić information content (AvgIpc) is 2.84. The Bertz CT molecular complexity index is 712. The Labute approximate surface area is 129 Å². The monoisotopic (exact) mass is 302 g/mol. The van der Waals surface area contributed by atoms with E-state index in [9.17, 15) is 13.9 Å². The van der Waals surface area contributed by atoms with Gasteiger partial charge in [-0.1, -0.05) is 18.6 Å². The van der Waals surface area contributed by atoms with Crippen LogP contribution >= 0.6 is 0 Å². The van der Waals surface area contributed by atoms with Crippen molar-refractivity contribution in [2.24, 2.45) is 11.3 Å². The maximum Gasteiger partial charge on any atom is 0.270 e. The number of benzene rings is 1. The minimum Gasteiger partial charge on any atom is -0.508 e. The Hall–Kier alpha value is -1.64. The summed E-state index contributed by atoms with van der Waals surface area (Å²) in [6, 6.07) is 5.60. The minimum atomic E-state index is -1.45. The van der Waals surface area contributed by atoms with Crippen LogP contribution in [0.15, 0.2) is 35.4 Å². The van der Waals surface area contributed by atoms with Gasteiger partial charge < -0.3 is 5.11 Å². The topological polar surface area (TPSA) is 20.2 Å². The van der Waals surface area contributed by atoms with Gasteiger partial charge in [0.2, 0.25) is 0 Å². The lowest BCUT2D eigenvalue weighted by atomic mass is 9.62. The first-order valence-electron chi connectivity index (χ1n) is 8.09. The smallest absolute Gasteiger partial charge is 0.270 e. The number of fused-ring (bicyclic) bond motifs is 4. The van der Waals surface area contributed by atoms with Crippen LogP contribution in [0.3, 0.4) is 0 Å². The molecule has 0 amide bonds. The van der Waals surface area contributed by atoms with Crippen LogP contribution in [0.25, 0.3) is 5.57 Å². The summed E-state index contributed by atoms with van der Waals surface area (Å²) >= 11 is 0. The van der Waals surface area contributed by atoms with Gasteiger partial charge in [0.25, 0.3) is 6.08 Å². The third kappa shape index (κ3) is 1.81. The highest BCUT2D eigenvalue weighted by Crippen LogP contribution is 2.61. The standard InChI is InChI=1S/C19H20F2O/c1-19-9-8-14-13-5-3-12(22)10-11(13)2-4-15(14)16(19)6-7-17(19)18(20)21/h3,5,10,16,22H,2,4,6-9H2,1H3/t16-,19-/m0/s1. The Morgan fingerprint density at radius 2 is 2.00 bits per heavy atom. The van der Waals surface area contributed by atoms with E-state index in [2.05, 4.69) is 0 Å². The van der Waals surface area contributed by atoms with E-state index in [1.807, 2.05) is 19.1 Å². The van der Waals surface area contributed by atoms with Crippen LogP contribution in [0.2, 0.25) is 0 Å². The van der Waals surface area contributed by atoms with E-state index in [1.165, 1.54) is 22.3 Å². The Balaban J connectivity index is 1.82. The summed E-state index contributed by atoms with van der Waals surface area (Å²) in [6.07, 6.45) is 3.49. The number of phenolic OH excluding ortho intramolecular Hbond substituents is 1. The molecule has 0 spiro atoms. The molecule has 1 fully saturated rings. The maximum absolute atomic E-state index is 13.3. The summed E-state index contributed by atoms with van der Waals surface area (Å²) in [5, 5.41) is 9.67. The molecule has 1 N–H and O–H groups in total. The zero-order valence-electron chi connectivity index (χ0n) is 12.8. The average molecular weight is 302 g/mol. The molecule has 0 heterocycles. The van der Waals surface area contributed by atoms with Crippen molar-refractivity contribution in [1.82, 2.24) is 0 Å². The number of allylic oxidation sites excluding steroid dienone is 3. The number of aromatic hydroxyl groups is 1. The van der Waals surface area contributed by atoms with Gasteiger partial charge in [-0.15, -0.1) is 0 Å². The van der Waals surface area contributed by atoms with E-state index in [-0.39, 0.29) is 11.3 Å². The first-order valence-corrected chi connectivity index (χ1v) is 8.09. The van der Waals surface area contributed by atoms with Crippen LogP contribution in [0.5, 0.6) is 5.75 Å². The summed E-state index contributed by atoms with van der Waals surface area (Å²) in [5.74, 6) is 0.587. The molecular formula is C19H20F2O. The van der Waals surface area contributed by atoms with Gasteiger partial charge in [0.1, 0.15) is 5.75 Å². The number of halogens is 2. The largest absolute Gasteiger partial charge is 0.508 e. The zero-order valence-corrected chi connectivity index (χ0v) is 12.8. The summed E-state index contributed by atoms with van der Waals surface area (Å²) in [6.45, 7) is 2.04. The quantitative estimate of drug-likeness (QED) is 0.675. The highest BCUT2D eigenvalue weighted by atomic mass is 19.3. The summed E-state index contributed by atoms with van der Waals surface area (Å²) < 4.78 is 26.6. The van der Waals surface area contributed by atoms with Gasteiger partial charge >= 0.3 is 0 Å². The molecule has 0 aromatic heterocycles. The van der Waals surface area contributed by atoms with E-state index in [1.54, 1.807) is 6.07 Å². The third-order valence-corrected chi connectivity index (χ3v) is 6.15. The summed E-state index contributed by atoms with van der Waals surface area (Å²) in [5.41, 5.74) is 5.27. The molecule has 0 unspecified atom stereocenters. The summed E-state index contributed by atoms with van der Waals surface area (Å²) in [4.78, 5) is 0. The van der Waals surface area contributed by atoms with Gasteiger partial charge in [-0.3, -0.25) is 0 Å². The molecule has 0 radical (unpaired) electrons. The molecular weight excluding hydrogens is 282 g/mol. The van der Waals surface area contributed by atoms with Crippen molar-refractivity contribution in [3.05, 3.63) is 46.6 Å². The number of phenols is 1. The number of aryl methyl sites for hydroxylation is 1. The molecule has 0 bridgehead atoms. The number of hydrogen-bond acceptors (Lipinski definition) is 1. The number of rotatable bonds is 0. The van der Waals surface area contributed by atoms with Crippen LogP contribution in [-0.4, -0.2) is 5.11 Å². The Kier molecular flexibility index (Phi) is 2.97. The first-order chi connectivity index (χ1) is 10.5. The van der Waals surface area contributed by atoms with Crippen LogP contribution in [0.4, 0.5) is 8.78 Å². The molecule has 4 rings (SSSR count). The normalized spacial score (nSPS) is 30.0. The first kappa shape index (κ1) is 14.0. The van der Waals surface area contributed by atoms with Gasteiger partial charge in [0.15, 0.2) is 0 Å². The van der Waals surface area contributed by atoms with Crippen LogP contribution in [-0.2, 0) is 6.42 Å². The molecule has 3 aliphatic carbocycles. The molecule has 2 atom stereocenters. The second kappa shape index (κ2) is 4.68. The molecule has 1 aromatic carbocycles. The lowest BCUT2D eigenvalue weighted by molar-refractivity contribution is 0.257. The highest BCUT2D eigenvalue weighted by molar-refractivity contribution is 5.75. The van der Waals surface area contributed by atoms with Crippen molar-refractivity contribution >= 4 is 5.57 Å². The Morgan fingerprint density at radius 1 is 1.18 bits per heavy atom. The van der Waals surface area contributed by atoms with E-state index < -0.39 is 6.08 Å². The van der Waals surface area contributed by atoms with Crippen molar-refractivity contribution in [3.8, 4) is 5.75 Å². The molecule has 1 saturated carbocycles. The number of hydrogen-bond donors (Lipinski definition) is 1.